The molecule has 3 aromatic rings. The number of hydrogen-bond donors (Lipinski definition) is 2. The predicted octanol–water partition coefficient (Wildman–Crippen LogP) is 2.72. The zero-order valence-electron chi connectivity index (χ0n) is 13.5. The molecule has 1 amide bonds. The van der Waals surface area contributed by atoms with E-state index in [1.54, 1.807) is 25.1 Å². The van der Waals surface area contributed by atoms with Crippen molar-refractivity contribution in [2.75, 3.05) is 6.54 Å². The molecule has 2 N–H and O–H groups in total. The van der Waals surface area contributed by atoms with Gasteiger partial charge in [0.1, 0.15) is 5.52 Å². The number of fused-ring (bicyclic) bond motifs is 1. The van der Waals surface area contributed by atoms with Crippen LogP contribution >= 0.6 is 0 Å². The Morgan fingerprint density at radius 3 is 2.75 bits per heavy atom. The van der Waals surface area contributed by atoms with Crippen molar-refractivity contribution in [3.8, 4) is 0 Å². The highest BCUT2D eigenvalue weighted by Gasteiger charge is 2.11. The number of amides is 1. The van der Waals surface area contributed by atoms with Crippen LogP contribution in [0.25, 0.3) is 11.1 Å². The van der Waals surface area contributed by atoms with Crippen LogP contribution in [0.1, 0.15) is 28.7 Å². The van der Waals surface area contributed by atoms with E-state index in [-0.39, 0.29) is 12.5 Å². The second-order valence-corrected chi connectivity index (χ2v) is 5.83. The topological polar surface area (TPSA) is 75.4 Å². The first-order valence-corrected chi connectivity index (χ1v) is 8.01. The van der Waals surface area contributed by atoms with Crippen molar-refractivity contribution in [2.24, 2.45) is 0 Å². The summed E-state index contributed by atoms with van der Waals surface area (Å²) in [6, 6.07) is 15.3. The zero-order chi connectivity index (χ0) is 16.9. The van der Waals surface area contributed by atoms with Gasteiger partial charge in [0.2, 0.25) is 0 Å². The first-order chi connectivity index (χ1) is 11.6. The van der Waals surface area contributed by atoms with Crippen LogP contribution in [0.3, 0.4) is 0 Å². The van der Waals surface area contributed by atoms with Crippen molar-refractivity contribution in [3.63, 3.8) is 0 Å². The van der Waals surface area contributed by atoms with E-state index in [2.05, 4.69) is 22.4 Å². The number of rotatable bonds is 6. The van der Waals surface area contributed by atoms with Crippen LogP contribution in [0.15, 0.2) is 52.9 Å². The Bertz CT molecular complexity index is 825. The molecule has 3 rings (SSSR count). The molecule has 24 heavy (non-hydrogen) atoms. The van der Waals surface area contributed by atoms with E-state index in [9.17, 15) is 9.90 Å². The molecular formula is C19H20N2O3. The normalized spacial score (nSPS) is 12.2. The van der Waals surface area contributed by atoms with Crippen LogP contribution in [-0.2, 0) is 12.8 Å². The van der Waals surface area contributed by atoms with Crippen LogP contribution < -0.4 is 5.32 Å². The number of hydrogen-bond acceptors (Lipinski definition) is 4. The van der Waals surface area contributed by atoms with E-state index >= 15 is 0 Å². The van der Waals surface area contributed by atoms with Crippen molar-refractivity contribution >= 4 is 17.0 Å². The summed E-state index contributed by atoms with van der Waals surface area (Å²) < 4.78 is 5.74. The maximum absolute atomic E-state index is 12.0. The van der Waals surface area contributed by atoms with Gasteiger partial charge in [-0.05, 0) is 37.1 Å². The fourth-order valence-corrected chi connectivity index (χ4v) is 2.46. The molecule has 2 aromatic carbocycles. The van der Waals surface area contributed by atoms with Gasteiger partial charge in [-0.25, -0.2) is 4.98 Å². The standard InChI is InChI=1S/C19H20N2O3/c1-13(22)12-20-19(23)15-8-9-17-16(11-15)21-18(24-17)10-7-14-5-3-2-4-6-14/h2-6,8-9,11,13,22H,7,10,12H2,1H3,(H,20,23). The van der Waals surface area contributed by atoms with Gasteiger partial charge in [0.15, 0.2) is 11.5 Å². The van der Waals surface area contributed by atoms with Gasteiger partial charge in [0, 0.05) is 18.5 Å². The molecule has 0 radical (unpaired) electrons. The third kappa shape index (κ3) is 4.00. The Balaban J connectivity index is 1.70. The van der Waals surface area contributed by atoms with E-state index in [0.29, 0.717) is 29.0 Å². The molecule has 0 aliphatic rings. The van der Waals surface area contributed by atoms with Crippen molar-refractivity contribution in [3.05, 3.63) is 65.5 Å². The first-order valence-electron chi connectivity index (χ1n) is 8.01. The number of benzene rings is 2. The largest absolute Gasteiger partial charge is 0.441 e. The summed E-state index contributed by atoms with van der Waals surface area (Å²) in [5.41, 5.74) is 3.08. The Morgan fingerprint density at radius 2 is 2.00 bits per heavy atom. The Kier molecular flexibility index (Phi) is 4.91. The highest BCUT2D eigenvalue weighted by molar-refractivity contribution is 5.97. The molecule has 0 spiro atoms. The minimum atomic E-state index is -0.575. The van der Waals surface area contributed by atoms with Crippen LogP contribution in [0.2, 0.25) is 0 Å². The molecule has 1 atom stereocenters. The van der Waals surface area contributed by atoms with Gasteiger partial charge in [-0.1, -0.05) is 30.3 Å². The molecule has 124 valence electrons. The highest BCUT2D eigenvalue weighted by Crippen LogP contribution is 2.18. The molecule has 0 saturated carbocycles. The van der Waals surface area contributed by atoms with E-state index in [4.69, 9.17) is 4.42 Å². The monoisotopic (exact) mass is 324 g/mol. The summed E-state index contributed by atoms with van der Waals surface area (Å²) in [5.74, 6) is 0.432. The highest BCUT2D eigenvalue weighted by atomic mass is 16.3. The van der Waals surface area contributed by atoms with Crippen LogP contribution in [0.5, 0.6) is 0 Å². The quantitative estimate of drug-likeness (QED) is 0.731. The third-order valence-electron chi connectivity index (χ3n) is 3.72. The maximum Gasteiger partial charge on any atom is 0.251 e. The number of aryl methyl sites for hydroxylation is 2. The Morgan fingerprint density at radius 1 is 1.21 bits per heavy atom. The molecule has 0 aliphatic heterocycles. The molecule has 0 bridgehead atoms. The van der Waals surface area contributed by atoms with Gasteiger partial charge in [-0.2, -0.15) is 0 Å². The molecule has 5 heteroatoms. The van der Waals surface area contributed by atoms with Gasteiger partial charge >= 0.3 is 0 Å². The number of carbonyl (C=O) groups is 1. The SMILES string of the molecule is CC(O)CNC(=O)c1ccc2oc(CCc3ccccc3)nc2c1. The van der Waals surface area contributed by atoms with E-state index in [1.165, 1.54) is 5.56 Å². The summed E-state index contributed by atoms with van der Waals surface area (Å²) in [4.78, 5) is 16.5. The number of nitrogens with zero attached hydrogens (tertiary/aromatic N) is 1. The molecule has 0 saturated heterocycles. The molecule has 5 nitrogen and oxygen atoms in total. The van der Waals surface area contributed by atoms with Gasteiger partial charge in [0.05, 0.1) is 6.10 Å². The van der Waals surface area contributed by atoms with Crippen molar-refractivity contribution < 1.29 is 14.3 Å². The lowest BCUT2D eigenvalue weighted by atomic mass is 10.1. The average molecular weight is 324 g/mol. The fourth-order valence-electron chi connectivity index (χ4n) is 2.46. The maximum atomic E-state index is 12.0. The molecule has 1 unspecified atom stereocenters. The van der Waals surface area contributed by atoms with E-state index in [0.717, 1.165) is 6.42 Å². The number of aromatic nitrogens is 1. The van der Waals surface area contributed by atoms with Crippen molar-refractivity contribution in [1.29, 1.82) is 0 Å². The number of oxazole rings is 1. The van der Waals surface area contributed by atoms with Crippen LogP contribution in [0, 0.1) is 0 Å². The van der Waals surface area contributed by atoms with E-state index < -0.39 is 6.10 Å². The first kappa shape index (κ1) is 16.2. The average Bonchev–Trinajstić information content (AvgIpc) is 3.00. The number of aliphatic hydroxyl groups excluding tert-OH is 1. The zero-order valence-corrected chi connectivity index (χ0v) is 13.5. The Labute approximate surface area is 140 Å². The van der Waals surface area contributed by atoms with Crippen LogP contribution in [-0.4, -0.2) is 28.6 Å². The van der Waals surface area contributed by atoms with Gasteiger partial charge < -0.3 is 14.8 Å². The minimum Gasteiger partial charge on any atom is -0.441 e. The second kappa shape index (κ2) is 7.27. The van der Waals surface area contributed by atoms with Crippen molar-refractivity contribution in [1.82, 2.24) is 10.3 Å². The molecule has 0 aliphatic carbocycles. The van der Waals surface area contributed by atoms with Gasteiger partial charge in [0.25, 0.3) is 5.91 Å². The summed E-state index contributed by atoms with van der Waals surface area (Å²) in [6.07, 6.45) is 0.992. The third-order valence-corrected chi connectivity index (χ3v) is 3.72. The molecule has 1 heterocycles. The summed E-state index contributed by atoms with van der Waals surface area (Å²) in [6.45, 7) is 1.85. The number of carbonyl (C=O) groups excluding carboxylic acids is 1. The smallest absolute Gasteiger partial charge is 0.251 e. The van der Waals surface area contributed by atoms with Gasteiger partial charge in [-0.15, -0.1) is 0 Å². The molecular weight excluding hydrogens is 304 g/mol. The Hall–Kier alpha value is -2.66. The fraction of sp³-hybridized carbons (Fsp3) is 0.263. The molecule has 0 fully saturated rings. The lowest BCUT2D eigenvalue weighted by Crippen LogP contribution is -2.30. The molecule has 1 aromatic heterocycles. The lowest BCUT2D eigenvalue weighted by molar-refractivity contribution is 0.0924. The van der Waals surface area contributed by atoms with E-state index in [1.807, 2.05) is 18.2 Å². The minimum absolute atomic E-state index is 0.220. The second-order valence-electron chi connectivity index (χ2n) is 5.83. The number of aliphatic hydroxyl groups is 1. The summed E-state index contributed by atoms with van der Waals surface area (Å²) >= 11 is 0. The van der Waals surface area contributed by atoms with Gasteiger partial charge in [-0.3, -0.25) is 4.79 Å². The van der Waals surface area contributed by atoms with Crippen molar-refractivity contribution in [2.45, 2.75) is 25.9 Å². The van der Waals surface area contributed by atoms with Crippen LogP contribution in [0.4, 0.5) is 0 Å². The lowest BCUT2D eigenvalue weighted by Gasteiger charge is -2.06. The number of nitrogens with one attached hydrogen (secondary N) is 1. The summed E-state index contributed by atoms with van der Waals surface area (Å²) in [5, 5.41) is 11.9. The predicted molar refractivity (Wildman–Crippen MR) is 91.9 cm³/mol. The summed E-state index contributed by atoms with van der Waals surface area (Å²) in [7, 11) is 0.